The molecule has 0 radical (unpaired) electrons. The fourth-order valence-corrected chi connectivity index (χ4v) is 3.87. The molecule has 8 heteroatoms. The second-order valence-corrected chi connectivity index (χ2v) is 7.24. The summed E-state index contributed by atoms with van der Waals surface area (Å²) in [6.45, 7) is 3.77. The summed E-state index contributed by atoms with van der Waals surface area (Å²) in [4.78, 5) is 16.2. The Bertz CT molecular complexity index is 687. The quantitative estimate of drug-likeness (QED) is 0.596. The molecule has 0 aromatic heterocycles. The minimum atomic E-state index is -0.0731. The van der Waals surface area contributed by atoms with Gasteiger partial charge in [0.1, 0.15) is 13.1 Å². The summed E-state index contributed by atoms with van der Waals surface area (Å²) in [6, 6.07) is 4.97. The van der Waals surface area contributed by atoms with E-state index in [1.165, 1.54) is 23.8 Å². The Morgan fingerprint density at radius 2 is 2.21 bits per heavy atom. The van der Waals surface area contributed by atoms with Gasteiger partial charge in [-0.3, -0.25) is 4.79 Å². The number of methoxy groups -OCH3 is 1. The van der Waals surface area contributed by atoms with Crippen LogP contribution in [0.4, 0.5) is 0 Å². The third-order valence-electron chi connectivity index (χ3n) is 3.96. The van der Waals surface area contributed by atoms with Gasteiger partial charge in [-0.2, -0.15) is 0 Å². The number of hydrogen-bond acceptors (Lipinski definition) is 6. The maximum absolute atomic E-state index is 12.6. The van der Waals surface area contributed by atoms with Gasteiger partial charge in [0.25, 0.3) is 5.91 Å². The number of carbonyl (C=O) groups is 1. The smallest absolute Gasteiger partial charge is 0.270 e. The predicted octanol–water partition coefficient (Wildman–Crippen LogP) is 0.475. The van der Waals surface area contributed by atoms with Crippen LogP contribution in [0.5, 0.6) is 11.5 Å². The van der Waals surface area contributed by atoms with Crippen molar-refractivity contribution in [2.45, 2.75) is 0 Å². The zero-order chi connectivity index (χ0) is 17.1. The largest absolute Gasteiger partial charge is 0.504 e. The van der Waals surface area contributed by atoms with Gasteiger partial charge in [0.15, 0.2) is 22.5 Å². The Kier molecular flexibility index (Phi) is 5.40. The van der Waals surface area contributed by atoms with E-state index >= 15 is 0 Å². The zero-order valence-electron chi connectivity index (χ0n) is 13.3. The first-order valence-electron chi connectivity index (χ1n) is 7.62. The van der Waals surface area contributed by atoms with E-state index < -0.39 is 0 Å². The number of phenolic OH excluding ortho intramolecular Hbond substituents is 1. The van der Waals surface area contributed by atoms with Crippen molar-refractivity contribution in [1.29, 1.82) is 0 Å². The molecule has 0 unspecified atom stereocenters. The predicted molar refractivity (Wildman–Crippen MR) is 96.1 cm³/mol. The topological polar surface area (TPSA) is 63.4 Å². The number of ether oxygens (including phenoxy) is 2. The van der Waals surface area contributed by atoms with Crippen molar-refractivity contribution in [2.24, 2.45) is 0 Å². The molecule has 2 heterocycles. The average Bonchev–Trinajstić information content (AvgIpc) is 2.85. The van der Waals surface area contributed by atoms with Gasteiger partial charge in [0, 0.05) is 0 Å². The lowest BCUT2D eigenvalue weighted by atomic mass is 10.2. The number of phenols is 1. The molecular formula is C16H19N2O4S2+. The van der Waals surface area contributed by atoms with E-state index in [0.29, 0.717) is 34.9 Å². The number of thioether (sulfide) groups is 1. The fraction of sp³-hybridized carbons (Fsp3) is 0.375. The van der Waals surface area contributed by atoms with Crippen LogP contribution in [0.3, 0.4) is 0 Å². The molecule has 2 fully saturated rings. The second kappa shape index (κ2) is 7.52. The maximum atomic E-state index is 12.6. The van der Waals surface area contributed by atoms with Crippen molar-refractivity contribution < 1.29 is 24.3 Å². The Morgan fingerprint density at radius 1 is 1.46 bits per heavy atom. The van der Waals surface area contributed by atoms with E-state index in [9.17, 15) is 9.90 Å². The van der Waals surface area contributed by atoms with Crippen LogP contribution < -0.4 is 9.64 Å². The Hall–Kier alpha value is -1.61. The van der Waals surface area contributed by atoms with Crippen LogP contribution in [0.25, 0.3) is 6.08 Å². The number of quaternary nitrogens is 1. The van der Waals surface area contributed by atoms with Crippen molar-refractivity contribution >= 4 is 40.3 Å². The summed E-state index contributed by atoms with van der Waals surface area (Å²) in [7, 11) is 1.49. The Balaban J connectivity index is 1.75. The summed E-state index contributed by atoms with van der Waals surface area (Å²) >= 11 is 6.67. The van der Waals surface area contributed by atoms with Gasteiger partial charge < -0.3 is 19.5 Å². The van der Waals surface area contributed by atoms with Crippen LogP contribution in [0.2, 0.25) is 0 Å². The molecule has 2 aliphatic rings. The number of rotatable bonds is 4. The van der Waals surface area contributed by atoms with Crippen LogP contribution in [-0.2, 0) is 9.53 Å². The van der Waals surface area contributed by atoms with Crippen molar-refractivity contribution in [3.8, 4) is 11.5 Å². The lowest BCUT2D eigenvalue weighted by Gasteiger charge is -2.27. The third-order valence-corrected chi connectivity index (χ3v) is 5.33. The van der Waals surface area contributed by atoms with Crippen molar-refractivity contribution in [3.63, 3.8) is 0 Å². The molecule has 2 N–H and O–H groups in total. The molecule has 6 nitrogen and oxygen atoms in total. The highest BCUT2D eigenvalue weighted by Crippen LogP contribution is 2.33. The van der Waals surface area contributed by atoms with Crippen LogP contribution in [0.15, 0.2) is 23.1 Å². The van der Waals surface area contributed by atoms with Gasteiger partial charge >= 0.3 is 0 Å². The number of carbonyl (C=O) groups excluding carboxylic acids is 1. The molecule has 128 valence electrons. The first kappa shape index (κ1) is 17.2. The first-order valence-corrected chi connectivity index (χ1v) is 8.84. The number of morpholine rings is 1. The number of nitrogens with one attached hydrogen (secondary N) is 1. The second-order valence-electron chi connectivity index (χ2n) is 5.56. The molecule has 2 saturated heterocycles. The van der Waals surface area contributed by atoms with Crippen LogP contribution in [-0.4, -0.2) is 60.3 Å². The summed E-state index contributed by atoms with van der Waals surface area (Å²) < 4.78 is 11.0. The van der Waals surface area contributed by atoms with Crippen molar-refractivity contribution in [3.05, 3.63) is 28.7 Å². The molecule has 24 heavy (non-hydrogen) atoms. The minimum Gasteiger partial charge on any atom is -0.504 e. The normalized spacial score (nSPS) is 20.9. The van der Waals surface area contributed by atoms with E-state index in [0.717, 1.165) is 18.7 Å². The van der Waals surface area contributed by atoms with Gasteiger partial charge in [-0.1, -0.05) is 30.0 Å². The zero-order valence-corrected chi connectivity index (χ0v) is 14.9. The molecule has 0 saturated carbocycles. The lowest BCUT2D eigenvalue weighted by Crippen LogP contribution is -3.15. The highest BCUT2D eigenvalue weighted by molar-refractivity contribution is 8.26. The van der Waals surface area contributed by atoms with E-state index in [1.54, 1.807) is 29.2 Å². The average molecular weight is 367 g/mol. The molecule has 0 spiro atoms. The highest BCUT2D eigenvalue weighted by atomic mass is 32.2. The van der Waals surface area contributed by atoms with Crippen molar-refractivity contribution in [1.82, 2.24) is 4.90 Å². The van der Waals surface area contributed by atoms with Gasteiger partial charge in [-0.25, -0.2) is 4.90 Å². The molecule has 0 atom stereocenters. The van der Waals surface area contributed by atoms with Crippen LogP contribution in [0.1, 0.15) is 5.56 Å². The summed E-state index contributed by atoms with van der Waals surface area (Å²) in [5.41, 5.74) is 0.781. The molecular weight excluding hydrogens is 348 g/mol. The number of nitrogens with zero attached hydrogens (tertiary/aromatic N) is 1. The summed E-state index contributed by atoms with van der Waals surface area (Å²) in [5, 5.41) is 9.65. The fourth-order valence-electron chi connectivity index (χ4n) is 2.61. The Labute approximate surface area is 150 Å². The van der Waals surface area contributed by atoms with Gasteiger partial charge in [0.2, 0.25) is 0 Å². The van der Waals surface area contributed by atoms with E-state index in [1.807, 2.05) is 0 Å². The first-order chi connectivity index (χ1) is 11.6. The molecule has 2 aliphatic heterocycles. The number of thiocarbonyl (C=S) groups is 1. The lowest BCUT2D eigenvalue weighted by molar-refractivity contribution is -0.914. The summed E-state index contributed by atoms with van der Waals surface area (Å²) in [6.07, 6.45) is 1.77. The van der Waals surface area contributed by atoms with Gasteiger partial charge in [0.05, 0.1) is 25.2 Å². The van der Waals surface area contributed by atoms with E-state index in [2.05, 4.69) is 0 Å². The molecule has 3 rings (SSSR count). The maximum Gasteiger partial charge on any atom is 0.270 e. The van der Waals surface area contributed by atoms with Crippen LogP contribution >= 0.6 is 24.0 Å². The molecule has 1 amide bonds. The number of hydrogen-bond donors (Lipinski definition) is 2. The monoisotopic (exact) mass is 367 g/mol. The molecule has 1 aromatic carbocycles. The molecule has 0 aliphatic carbocycles. The van der Waals surface area contributed by atoms with Crippen LogP contribution in [0, 0.1) is 0 Å². The highest BCUT2D eigenvalue weighted by Gasteiger charge is 2.35. The standard InChI is InChI=1S/C16H18N2O4S2/c1-21-13-8-11(2-3-12(13)19)9-14-15(20)18(16(23)24-14)10-17-4-6-22-7-5-17/h2-3,8-9,19H,4-7,10H2,1H3/p+1/b14-9+. The van der Waals surface area contributed by atoms with Gasteiger partial charge in [-0.05, 0) is 23.8 Å². The number of amides is 1. The SMILES string of the molecule is COc1cc(/C=C2/SC(=S)N(C[NH+]3CCOCC3)C2=O)ccc1O. The molecule has 0 bridgehead atoms. The Morgan fingerprint density at radius 3 is 2.92 bits per heavy atom. The minimum absolute atomic E-state index is 0.0677. The number of benzene rings is 1. The number of aromatic hydroxyl groups is 1. The third kappa shape index (κ3) is 3.72. The molecule has 1 aromatic rings. The summed E-state index contributed by atoms with van der Waals surface area (Å²) in [5.74, 6) is 0.367. The van der Waals surface area contributed by atoms with E-state index in [4.69, 9.17) is 21.7 Å². The van der Waals surface area contributed by atoms with E-state index in [-0.39, 0.29) is 11.7 Å². The van der Waals surface area contributed by atoms with Crippen molar-refractivity contribution in [2.75, 3.05) is 40.1 Å². The van der Waals surface area contributed by atoms with Gasteiger partial charge in [-0.15, -0.1) is 0 Å².